The Morgan fingerprint density at radius 2 is 2.20 bits per heavy atom. The predicted octanol–water partition coefficient (Wildman–Crippen LogP) is 2.84. The van der Waals surface area contributed by atoms with Crippen LogP contribution < -0.4 is 0 Å². The standard InChI is InChI=1S/C8H5BrClNO4/c9-3-4-1-5(8(12)13)6(10)2-7(4)11(14)15/h1-2H,3H2,(H,12,13). The maximum absolute atomic E-state index is 10.7. The Morgan fingerprint density at radius 1 is 1.60 bits per heavy atom. The summed E-state index contributed by atoms with van der Waals surface area (Å²) in [7, 11) is 0. The molecule has 0 aromatic heterocycles. The van der Waals surface area contributed by atoms with Gasteiger partial charge in [-0.25, -0.2) is 4.79 Å². The lowest BCUT2D eigenvalue weighted by molar-refractivity contribution is -0.385. The second kappa shape index (κ2) is 4.59. The Labute approximate surface area is 97.9 Å². The largest absolute Gasteiger partial charge is 0.478 e. The molecule has 15 heavy (non-hydrogen) atoms. The first-order valence-electron chi connectivity index (χ1n) is 3.73. The van der Waals surface area contributed by atoms with E-state index in [1.807, 2.05) is 0 Å². The number of carbonyl (C=O) groups is 1. The minimum absolute atomic E-state index is 0.140. The van der Waals surface area contributed by atoms with Crippen LogP contribution in [0.2, 0.25) is 5.02 Å². The van der Waals surface area contributed by atoms with Crippen molar-refractivity contribution in [1.82, 2.24) is 0 Å². The van der Waals surface area contributed by atoms with E-state index < -0.39 is 10.9 Å². The Bertz CT molecular complexity index is 435. The van der Waals surface area contributed by atoms with Crippen LogP contribution in [0.4, 0.5) is 5.69 Å². The van der Waals surface area contributed by atoms with Crippen LogP contribution in [-0.2, 0) is 5.33 Å². The molecule has 1 N–H and O–H groups in total. The minimum Gasteiger partial charge on any atom is -0.478 e. The van der Waals surface area contributed by atoms with Crippen LogP contribution in [-0.4, -0.2) is 16.0 Å². The van der Waals surface area contributed by atoms with Crippen LogP contribution in [0.1, 0.15) is 15.9 Å². The fourth-order valence-electron chi connectivity index (χ4n) is 1.05. The van der Waals surface area contributed by atoms with Crippen LogP contribution in [0, 0.1) is 10.1 Å². The Kier molecular flexibility index (Phi) is 3.65. The van der Waals surface area contributed by atoms with Crippen molar-refractivity contribution in [3.8, 4) is 0 Å². The molecule has 0 saturated heterocycles. The number of halogens is 2. The zero-order chi connectivity index (χ0) is 11.6. The van der Waals surface area contributed by atoms with Gasteiger partial charge in [0.05, 0.1) is 15.5 Å². The Morgan fingerprint density at radius 3 is 2.60 bits per heavy atom. The topological polar surface area (TPSA) is 80.4 Å². The smallest absolute Gasteiger partial charge is 0.337 e. The molecule has 0 aliphatic carbocycles. The molecular formula is C8H5BrClNO4. The highest BCUT2D eigenvalue weighted by molar-refractivity contribution is 9.08. The third-order valence-corrected chi connectivity index (χ3v) is 2.66. The van der Waals surface area contributed by atoms with Crippen LogP contribution in [0.25, 0.3) is 0 Å². The molecule has 0 heterocycles. The molecule has 5 nitrogen and oxygen atoms in total. The van der Waals surface area contributed by atoms with Gasteiger partial charge in [0.25, 0.3) is 5.69 Å². The van der Waals surface area contributed by atoms with E-state index in [0.717, 1.165) is 6.07 Å². The highest BCUT2D eigenvalue weighted by Crippen LogP contribution is 2.28. The van der Waals surface area contributed by atoms with Gasteiger partial charge in [0.1, 0.15) is 0 Å². The van der Waals surface area contributed by atoms with Gasteiger partial charge in [-0.2, -0.15) is 0 Å². The first-order valence-corrected chi connectivity index (χ1v) is 5.23. The molecule has 0 atom stereocenters. The molecule has 0 spiro atoms. The molecule has 1 aromatic carbocycles. The zero-order valence-electron chi connectivity index (χ0n) is 7.24. The predicted molar refractivity (Wildman–Crippen MR) is 57.7 cm³/mol. The van der Waals surface area contributed by atoms with Gasteiger partial charge in [-0.05, 0) is 6.07 Å². The summed E-state index contributed by atoms with van der Waals surface area (Å²) >= 11 is 8.64. The van der Waals surface area contributed by atoms with E-state index in [1.165, 1.54) is 6.07 Å². The summed E-state index contributed by atoms with van der Waals surface area (Å²) in [4.78, 5) is 20.7. The first-order chi connectivity index (χ1) is 6.97. The number of hydrogen-bond acceptors (Lipinski definition) is 3. The van der Waals surface area contributed by atoms with Crippen LogP contribution in [0.3, 0.4) is 0 Å². The van der Waals surface area contributed by atoms with E-state index in [4.69, 9.17) is 16.7 Å². The lowest BCUT2D eigenvalue weighted by atomic mass is 10.1. The summed E-state index contributed by atoms with van der Waals surface area (Å²) in [5, 5.41) is 19.4. The number of benzene rings is 1. The Hall–Kier alpha value is -1.14. The molecule has 1 aromatic rings. The summed E-state index contributed by atoms with van der Waals surface area (Å²) in [6.07, 6.45) is 0. The summed E-state index contributed by atoms with van der Waals surface area (Å²) in [5.74, 6) is -1.21. The van der Waals surface area contributed by atoms with Crippen LogP contribution >= 0.6 is 27.5 Å². The molecule has 0 unspecified atom stereocenters. The maximum atomic E-state index is 10.7. The van der Waals surface area contributed by atoms with Gasteiger partial charge in [0, 0.05) is 17.0 Å². The van der Waals surface area contributed by atoms with Crippen molar-refractivity contribution in [2.75, 3.05) is 0 Å². The van der Waals surface area contributed by atoms with Crippen LogP contribution in [0.15, 0.2) is 12.1 Å². The molecule has 0 radical (unpaired) electrons. The molecule has 80 valence electrons. The summed E-state index contributed by atoms with van der Waals surface area (Å²) in [5.41, 5.74) is -0.0552. The second-order valence-electron chi connectivity index (χ2n) is 2.66. The highest BCUT2D eigenvalue weighted by atomic mass is 79.9. The van der Waals surface area contributed by atoms with E-state index in [2.05, 4.69) is 15.9 Å². The molecule has 0 fully saturated rings. The summed E-state index contributed by atoms with van der Waals surface area (Å²) in [6.45, 7) is 0. The lowest BCUT2D eigenvalue weighted by Crippen LogP contribution is -2.01. The monoisotopic (exact) mass is 293 g/mol. The number of carboxylic acid groups (broad SMARTS) is 1. The van der Waals surface area contributed by atoms with Gasteiger partial charge < -0.3 is 5.11 Å². The van der Waals surface area contributed by atoms with Gasteiger partial charge in [-0.15, -0.1) is 0 Å². The van der Waals surface area contributed by atoms with Crippen molar-refractivity contribution in [3.63, 3.8) is 0 Å². The van der Waals surface area contributed by atoms with Crippen molar-refractivity contribution in [2.24, 2.45) is 0 Å². The molecule has 7 heteroatoms. The van der Waals surface area contributed by atoms with E-state index in [1.54, 1.807) is 0 Å². The second-order valence-corrected chi connectivity index (χ2v) is 3.62. The number of aromatic carboxylic acids is 1. The SMILES string of the molecule is O=C(O)c1cc(CBr)c([N+](=O)[O-])cc1Cl. The van der Waals surface area contributed by atoms with E-state index in [0.29, 0.717) is 0 Å². The third-order valence-electron chi connectivity index (χ3n) is 1.74. The van der Waals surface area contributed by atoms with E-state index in [9.17, 15) is 14.9 Å². The average molecular weight is 294 g/mol. The lowest BCUT2D eigenvalue weighted by Gasteiger charge is -2.03. The number of hydrogen-bond donors (Lipinski definition) is 1. The average Bonchev–Trinajstić information content (AvgIpc) is 2.16. The first kappa shape index (κ1) is 11.9. The van der Waals surface area contributed by atoms with Gasteiger partial charge in [-0.1, -0.05) is 27.5 Å². The number of alkyl halides is 1. The molecule has 0 aliphatic rings. The quantitative estimate of drug-likeness (QED) is 0.528. The van der Waals surface area contributed by atoms with Crippen molar-refractivity contribution in [2.45, 2.75) is 5.33 Å². The highest BCUT2D eigenvalue weighted by Gasteiger charge is 2.19. The van der Waals surface area contributed by atoms with E-state index in [-0.39, 0.29) is 27.2 Å². The third kappa shape index (κ3) is 2.45. The number of rotatable bonds is 3. The van der Waals surface area contributed by atoms with Crippen LogP contribution in [0.5, 0.6) is 0 Å². The number of carboxylic acids is 1. The van der Waals surface area contributed by atoms with Crippen molar-refractivity contribution in [3.05, 3.63) is 38.4 Å². The minimum atomic E-state index is -1.21. The number of nitrogens with zero attached hydrogens (tertiary/aromatic N) is 1. The van der Waals surface area contributed by atoms with Crippen molar-refractivity contribution in [1.29, 1.82) is 0 Å². The molecule has 1 rings (SSSR count). The molecule has 0 aliphatic heterocycles. The molecule has 0 saturated carbocycles. The maximum Gasteiger partial charge on any atom is 0.337 e. The van der Waals surface area contributed by atoms with Gasteiger partial charge in [0.2, 0.25) is 0 Å². The summed E-state index contributed by atoms with van der Waals surface area (Å²) in [6, 6.07) is 2.24. The van der Waals surface area contributed by atoms with E-state index >= 15 is 0 Å². The molecular weight excluding hydrogens is 289 g/mol. The summed E-state index contributed by atoms with van der Waals surface area (Å²) < 4.78 is 0. The fourth-order valence-corrected chi connectivity index (χ4v) is 1.74. The number of nitro benzene ring substituents is 1. The normalized spacial score (nSPS) is 10.0. The Balaban J connectivity index is 3.42. The van der Waals surface area contributed by atoms with Gasteiger partial charge in [0.15, 0.2) is 0 Å². The van der Waals surface area contributed by atoms with Crippen molar-refractivity contribution < 1.29 is 14.8 Å². The number of nitro groups is 1. The van der Waals surface area contributed by atoms with Crippen molar-refractivity contribution >= 4 is 39.2 Å². The van der Waals surface area contributed by atoms with Gasteiger partial charge >= 0.3 is 5.97 Å². The molecule has 0 amide bonds. The molecule has 0 bridgehead atoms. The zero-order valence-corrected chi connectivity index (χ0v) is 9.58. The van der Waals surface area contributed by atoms with Gasteiger partial charge in [-0.3, -0.25) is 10.1 Å². The fraction of sp³-hybridized carbons (Fsp3) is 0.125.